The molecule has 0 atom stereocenters. The molecule has 2 aromatic carbocycles. The van der Waals surface area contributed by atoms with Crippen LogP contribution in [0.3, 0.4) is 0 Å². The van der Waals surface area contributed by atoms with Gasteiger partial charge in [0.15, 0.2) is 0 Å². The Morgan fingerprint density at radius 3 is 2.75 bits per heavy atom. The van der Waals surface area contributed by atoms with Crippen molar-refractivity contribution >= 4 is 28.2 Å². The minimum Gasteiger partial charge on any atom is -0.478 e. The number of hydrogen-bond donors (Lipinski definition) is 3. The number of aryl methyl sites for hydroxylation is 1. The normalized spacial score (nSPS) is 10.7. The van der Waals surface area contributed by atoms with Crippen LogP contribution in [0.2, 0.25) is 0 Å². The quantitative estimate of drug-likeness (QED) is 0.673. The molecule has 3 rings (SSSR count). The number of carbonyl (C=O) groups is 1. The number of hydrogen-bond acceptors (Lipinski definition) is 2. The topological polar surface area (TPSA) is 65.1 Å². The van der Waals surface area contributed by atoms with Crippen LogP contribution in [0.5, 0.6) is 0 Å². The molecule has 0 fully saturated rings. The van der Waals surface area contributed by atoms with Crippen LogP contribution in [0.4, 0.5) is 11.4 Å². The average Bonchev–Trinajstić information content (AvgIpc) is 2.78. The Morgan fingerprint density at radius 2 is 1.95 bits per heavy atom. The van der Waals surface area contributed by atoms with Gasteiger partial charge in [0.25, 0.3) is 0 Å². The molecule has 0 spiro atoms. The lowest BCUT2D eigenvalue weighted by molar-refractivity contribution is 0.0698. The van der Waals surface area contributed by atoms with Crippen LogP contribution in [-0.4, -0.2) is 16.1 Å². The van der Waals surface area contributed by atoms with Crippen molar-refractivity contribution in [2.75, 3.05) is 5.32 Å². The molecular weight excluding hydrogens is 252 g/mol. The summed E-state index contributed by atoms with van der Waals surface area (Å²) in [5.74, 6) is -0.938. The maximum atomic E-state index is 11.2. The molecular formula is C16H14N2O2. The van der Waals surface area contributed by atoms with Crippen LogP contribution in [0.25, 0.3) is 10.9 Å². The SMILES string of the molecule is Cc1cc2cc(Nc3ccccc3C(=O)O)ccc2[nH]1. The summed E-state index contributed by atoms with van der Waals surface area (Å²) in [6.45, 7) is 2.01. The lowest BCUT2D eigenvalue weighted by Gasteiger charge is -2.09. The molecule has 20 heavy (non-hydrogen) atoms. The predicted octanol–water partition coefficient (Wildman–Crippen LogP) is 3.92. The molecule has 0 saturated heterocycles. The first kappa shape index (κ1) is 12.3. The lowest BCUT2D eigenvalue weighted by atomic mass is 10.1. The fourth-order valence-corrected chi connectivity index (χ4v) is 2.29. The summed E-state index contributed by atoms with van der Waals surface area (Å²) in [6.07, 6.45) is 0. The molecule has 1 aromatic heterocycles. The Morgan fingerprint density at radius 1 is 1.15 bits per heavy atom. The highest BCUT2D eigenvalue weighted by molar-refractivity contribution is 5.95. The van der Waals surface area contributed by atoms with E-state index in [0.717, 1.165) is 22.3 Å². The zero-order valence-electron chi connectivity index (χ0n) is 11.0. The molecule has 3 aromatic rings. The Labute approximate surface area is 116 Å². The molecule has 0 saturated carbocycles. The number of H-pyrrole nitrogens is 1. The second kappa shape index (κ2) is 4.74. The van der Waals surface area contributed by atoms with Crippen molar-refractivity contribution in [3.8, 4) is 0 Å². The van der Waals surface area contributed by atoms with Gasteiger partial charge in [0.1, 0.15) is 0 Å². The van der Waals surface area contributed by atoms with Gasteiger partial charge in [-0.15, -0.1) is 0 Å². The molecule has 0 aliphatic rings. The highest BCUT2D eigenvalue weighted by atomic mass is 16.4. The first-order valence-corrected chi connectivity index (χ1v) is 6.32. The van der Waals surface area contributed by atoms with Crippen LogP contribution < -0.4 is 5.32 Å². The van der Waals surface area contributed by atoms with E-state index in [-0.39, 0.29) is 5.56 Å². The van der Waals surface area contributed by atoms with Gasteiger partial charge in [-0.05, 0) is 43.3 Å². The summed E-state index contributed by atoms with van der Waals surface area (Å²) in [7, 11) is 0. The predicted molar refractivity (Wildman–Crippen MR) is 79.7 cm³/mol. The van der Waals surface area contributed by atoms with Crippen LogP contribution in [-0.2, 0) is 0 Å². The first-order chi connectivity index (χ1) is 9.63. The summed E-state index contributed by atoms with van der Waals surface area (Å²) in [6, 6.07) is 14.8. The van der Waals surface area contributed by atoms with E-state index in [4.69, 9.17) is 0 Å². The minimum absolute atomic E-state index is 0.262. The molecule has 4 nitrogen and oxygen atoms in total. The van der Waals surface area contributed by atoms with Crippen LogP contribution >= 0.6 is 0 Å². The fraction of sp³-hybridized carbons (Fsp3) is 0.0625. The second-order valence-corrected chi connectivity index (χ2v) is 4.73. The smallest absolute Gasteiger partial charge is 0.337 e. The Balaban J connectivity index is 1.98. The largest absolute Gasteiger partial charge is 0.478 e. The number of carboxylic acids is 1. The molecule has 100 valence electrons. The standard InChI is InChI=1S/C16H14N2O2/c1-10-8-11-9-12(6-7-14(11)17-10)18-15-5-3-2-4-13(15)16(19)20/h2-9,17-18H,1H3,(H,19,20). The number of aromatic amines is 1. The van der Waals surface area contributed by atoms with E-state index in [9.17, 15) is 9.90 Å². The van der Waals surface area contributed by atoms with Crippen molar-refractivity contribution in [1.82, 2.24) is 4.98 Å². The number of fused-ring (bicyclic) bond motifs is 1. The molecule has 0 bridgehead atoms. The number of benzene rings is 2. The highest BCUT2D eigenvalue weighted by Gasteiger charge is 2.09. The molecule has 0 radical (unpaired) electrons. The van der Waals surface area contributed by atoms with Gasteiger partial charge in [-0.25, -0.2) is 4.79 Å². The summed E-state index contributed by atoms with van der Waals surface area (Å²) >= 11 is 0. The molecule has 0 unspecified atom stereocenters. The Kier molecular flexibility index (Phi) is 2.91. The number of rotatable bonds is 3. The molecule has 0 aliphatic heterocycles. The van der Waals surface area contributed by atoms with E-state index in [1.165, 1.54) is 0 Å². The maximum Gasteiger partial charge on any atom is 0.337 e. The van der Waals surface area contributed by atoms with E-state index >= 15 is 0 Å². The van der Waals surface area contributed by atoms with Crippen molar-refractivity contribution < 1.29 is 9.90 Å². The average molecular weight is 266 g/mol. The molecule has 1 heterocycles. The third-order valence-electron chi connectivity index (χ3n) is 3.19. The molecule has 0 aliphatic carbocycles. The van der Waals surface area contributed by atoms with E-state index in [0.29, 0.717) is 5.69 Å². The van der Waals surface area contributed by atoms with Gasteiger partial charge in [0, 0.05) is 22.3 Å². The van der Waals surface area contributed by atoms with E-state index < -0.39 is 5.97 Å². The summed E-state index contributed by atoms with van der Waals surface area (Å²) < 4.78 is 0. The van der Waals surface area contributed by atoms with Gasteiger partial charge in [-0.1, -0.05) is 12.1 Å². The van der Waals surface area contributed by atoms with Gasteiger partial charge in [-0.3, -0.25) is 0 Å². The van der Waals surface area contributed by atoms with E-state index in [2.05, 4.69) is 16.4 Å². The maximum absolute atomic E-state index is 11.2. The zero-order valence-corrected chi connectivity index (χ0v) is 11.0. The van der Waals surface area contributed by atoms with Gasteiger partial charge >= 0.3 is 5.97 Å². The molecule has 3 N–H and O–H groups in total. The molecule has 4 heteroatoms. The third kappa shape index (κ3) is 2.23. The van der Waals surface area contributed by atoms with Crippen molar-refractivity contribution in [2.45, 2.75) is 6.92 Å². The van der Waals surface area contributed by atoms with Crippen molar-refractivity contribution in [2.24, 2.45) is 0 Å². The number of aromatic carboxylic acids is 1. The first-order valence-electron chi connectivity index (χ1n) is 6.32. The number of anilines is 2. The van der Waals surface area contributed by atoms with Gasteiger partial charge in [0.05, 0.1) is 11.3 Å². The molecule has 0 amide bonds. The highest BCUT2D eigenvalue weighted by Crippen LogP contribution is 2.24. The van der Waals surface area contributed by atoms with Crippen LogP contribution in [0.1, 0.15) is 16.1 Å². The zero-order chi connectivity index (χ0) is 14.1. The van der Waals surface area contributed by atoms with Gasteiger partial charge in [0.2, 0.25) is 0 Å². The summed E-state index contributed by atoms with van der Waals surface area (Å²) in [5.41, 5.74) is 3.89. The van der Waals surface area contributed by atoms with E-state index in [1.54, 1.807) is 18.2 Å². The number of carboxylic acid groups (broad SMARTS) is 1. The Hall–Kier alpha value is -2.75. The summed E-state index contributed by atoms with van der Waals surface area (Å²) in [5, 5.41) is 13.4. The second-order valence-electron chi connectivity index (χ2n) is 4.73. The van der Waals surface area contributed by atoms with Crippen molar-refractivity contribution in [3.05, 3.63) is 59.8 Å². The van der Waals surface area contributed by atoms with E-state index in [1.807, 2.05) is 31.2 Å². The third-order valence-corrected chi connectivity index (χ3v) is 3.19. The van der Waals surface area contributed by atoms with Gasteiger partial charge < -0.3 is 15.4 Å². The van der Waals surface area contributed by atoms with Crippen LogP contribution in [0, 0.1) is 6.92 Å². The monoisotopic (exact) mass is 266 g/mol. The number of para-hydroxylation sites is 1. The fourth-order valence-electron chi connectivity index (χ4n) is 2.29. The number of nitrogens with one attached hydrogen (secondary N) is 2. The van der Waals surface area contributed by atoms with Gasteiger partial charge in [-0.2, -0.15) is 0 Å². The van der Waals surface area contributed by atoms with Crippen molar-refractivity contribution in [1.29, 1.82) is 0 Å². The van der Waals surface area contributed by atoms with Crippen LogP contribution in [0.15, 0.2) is 48.5 Å². The summed E-state index contributed by atoms with van der Waals surface area (Å²) in [4.78, 5) is 14.4. The Bertz CT molecular complexity index is 790. The van der Waals surface area contributed by atoms with Crippen molar-refractivity contribution in [3.63, 3.8) is 0 Å². The minimum atomic E-state index is -0.938. The number of aromatic nitrogens is 1. The lowest BCUT2D eigenvalue weighted by Crippen LogP contribution is -2.02.